The van der Waals surface area contributed by atoms with Crippen molar-refractivity contribution in [3.05, 3.63) is 176 Å². The predicted molar refractivity (Wildman–Crippen MR) is 192 cm³/mol. The fourth-order valence-corrected chi connectivity index (χ4v) is 6.22. The fraction of sp³-hybridized carbons (Fsp3) is 0.0238. The molecule has 0 radical (unpaired) electrons. The highest BCUT2D eigenvalue weighted by atomic mass is 15.0. The highest BCUT2D eigenvalue weighted by molar-refractivity contribution is 6.10. The molecular formula is C42H30N4. The van der Waals surface area contributed by atoms with Gasteiger partial charge in [-0.1, -0.05) is 140 Å². The molecule has 2 aromatic heterocycles. The monoisotopic (exact) mass is 590 g/mol. The number of fused-ring (bicyclic) bond motifs is 4. The molecule has 0 fully saturated rings. The van der Waals surface area contributed by atoms with E-state index < -0.39 is 0 Å². The molecule has 0 N–H and O–H groups in total. The minimum absolute atomic E-state index is 0.581. The van der Waals surface area contributed by atoms with E-state index in [1.807, 2.05) is 42.5 Å². The molecule has 8 rings (SSSR count). The SMILES string of the molecule is C=C/C(=C\C=C1\C=CC=CC1)c1nc(-c2ccccc2)nc(-c2cc(-n3c4ccccc4c4ccccc43)c3ccccc3c2)n1. The highest BCUT2D eigenvalue weighted by Crippen LogP contribution is 2.37. The molecule has 7 aromatic rings. The molecule has 1 aliphatic carbocycles. The summed E-state index contributed by atoms with van der Waals surface area (Å²) in [5.74, 6) is 1.81. The van der Waals surface area contributed by atoms with Gasteiger partial charge in [0.15, 0.2) is 17.5 Å². The third-order valence-corrected chi connectivity index (χ3v) is 8.45. The molecule has 4 nitrogen and oxygen atoms in total. The maximum atomic E-state index is 5.09. The maximum absolute atomic E-state index is 5.09. The summed E-state index contributed by atoms with van der Waals surface area (Å²) in [5.41, 5.74) is 7.28. The third-order valence-electron chi connectivity index (χ3n) is 8.45. The summed E-state index contributed by atoms with van der Waals surface area (Å²) < 4.78 is 2.37. The summed E-state index contributed by atoms with van der Waals surface area (Å²) in [7, 11) is 0. The lowest BCUT2D eigenvalue weighted by Crippen LogP contribution is -2.03. The first-order chi connectivity index (χ1) is 22.8. The Morgan fingerprint density at radius 3 is 2.00 bits per heavy atom. The van der Waals surface area contributed by atoms with Crippen LogP contribution >= 0.6 is 0 Å². The van der Waals surface area contributed by atoms with Crippen LogP contribution in [-0.2, 0) is 0 Å². The normalized spacial score (nSPS) is 14.1. The van der Waals surface area contributed by atoms with Gasteiger partial charge >= 0.3 is 0 Å². The molecule has 4 heteroatoms. The molecule has 0 bridgehead atoms. The molecular weight excluding hydrogens is 560 g/mol. The lowest BCUT2D eigenvalue weighted by atomic mass is 10.0. The van der Waals surface area contributed by atoms with Crippen molar-refractivity contribution in [2.75, 3.05) is 0 Å². The van der Waals surface area contributed by atoms with Crippen LogP contribution in [0.15, 0.2) is 170 Å². The van der Waals surface area contributed by atoms with E-state index in [1.54, 1.807) is 0 Å². The first-order valence-corrected chi connectivity index (χ1v) is 15.5. The minimum atomic E-state index is 0.581. The molecule has 0 atom stereocenters. The number of hydrogen-bond acceptors (Lipinski definition) is 3. The second kappa shape index (κ2) is 11.8. The Bertz CT molecular complexity index is 2350. The van der Waals surface area contributed by atoms with E-state index in [4.69, 9.17) is 15.0 Å². The second-order valence-electron chi connectivity index (χ2n) is 11.3. The number of benzene rings is 5. The van der Waals surface area contributed by atoms with E-state index in [1.165, 1.54) is 16.3 Å². The highest BCUT2D eigenvalue weighted by Gasteiger charge is 2.18. The number of hydrogen-bond donors (Lipinski definition) is 0. The zero-order valence-corrected chi connectivity index (χ0v) is 25.2. The van der Waals surface area contributed by atoms with Gasteiger partial charge in [-0.2, -0.15) is 0 Å². The van der Waals surface area contributed by atoms with Gasteiger partial charge < -0.3 is 4.57 Å². The molecule has 0 aliphatic heterocycles. The molecule has 5 aromatic carbocycles. The number of nitrogens with zero attached hydrogens (tertiary/aromatic N) is 4. The van der Waals surface area contributed by atoms with E-state index in [0.717, 1.165) is 50.6 Å². The van der Waals surface area contributed by atoms with E-state index in [-0.39, 0.29) is 0 Å². The second-order valence-corrected chi connectivity index (χ2v) is 11.3. The smallest absolute Gasteiger partial charge is 0.164 e. The average Bonchev–Trinajstić information content (AvgIpc) is 3.46. The Kier molecular flexibility index (Phi) is 7.01. The van der Waals surface area contributed by atoms with Crippen LogP contribution in [0.4, 0.5) is 0 Å². The van der Waals surface area contributed by atoms with Crippen molar-refractivity contribution >= 4 is 38.2 Å². The molecule has 0 saturated heterocycles. The quantitative estimate of drug-likeness (QED) is 0.181. The summed E-state index contributed by atoms with van der Waals surface area (Å²) in [6.07, 6.45) is 15.3. The van der Waals surface area contributed by atoms with Gasteiger partial charge in [0.2, 0.25) is 0 Å². The number of para-hydroxylation sites is 2. The Hall–Kier alpha value is -6.13. The van der Waals surface area contributed by atoms with Crippen LogP contribution in [0.5, 0.6) is 0 Å². The molecule has 1 aliphatic rings. The molecule has 0 saturated carbocycles. The Morgan fingerprint density at radius 2 is 1.30 bits per heavy atom. The lowest BCUT2D eigenvalue weighted by molar-refractivity contribution is 1.04. The van der Waals surface area contributed by atoms with Crippen LogP contribution in [0.2, 0.25) is 0 Å². The molecule has 0 unspecified atom stereocenters. The fourth-order valence-electron chi connectivity index (χ4n) is 6.22. The maximum Gasteiger partial charge on any atom is 0.164 e. The first-order valence-electron chi connectivity index (χ1n) is 15.5. The zero-order chi connectivity index (χ0) is 30.9. The topological polar surface area (TPSA) is 43.6 Å². The van der Waals surface area contributed by atoms with Crippen LogP contribution in [0.25, 0.3) is 66.6 Å². The number of allylic oxidation sites excluding steroid dienone is 9. The zero-order valence-electron chi connectivity index (χ0n) is 25.2. The van der Waals surface area contributed by atoms with E-state index in [9.17, 15) is 0 Å². The molecule has 2 heterocycles. The van der Waals surface area contributed by atoms with Gasteiger partial charge in [0.1, 0.15) is 0 Å². The summed E-state index contributed by atoms with van der Waals surface area (Å²) in [6.45, 7) is 4.12. The molecule has 0 spiro atoms. The minimum Gasteiger partial charge on any atom is -0.309 e. The van der Waals surface area contributed by atoms with Gasteiger partial charge in [0, 0.05) is 32.9 Å². The van der Waals surface area contributed by atoms with Crippen molar-refractivity contribution < 1.29 is 0 Å². The van der Waals surface area contributed by atoms with Crippen LogP contribution in [0.1, 0.15) is 12.2 Å². The van der Waals surface area contributed by atoms with E-state index in [0.29, 0.717) is 17.5 Å². The Morgan fingerprint density at radius 1 is 0.652 bits per heavy atom. The lowest BCUT2D eigenvalue weighted by Gasteiger charge is -2.15. The van der Waals surface area contributed by atoms with Crippen molar-refractivity contribution in [1.29, 1.82) is 0 Å². The average molecular weight is 591 g/mol. The third kappa shape index (κ3) is 4.96. The van der Waals surface area contributed by atoms with E-state index >= 15 is 0 Å². The van der Waals surface area contributed by atoms with Gasteiger partial charge in [-0.3, -0.25) is 0 Å². The van der Waals surface area contributed by atoms with Crippen molar-refractivity contribution in [2.24, 2.45) is 0 Å². The summed E-state index contributed by atoms with van der Waals surface area (Å²) in [6, 6.07) is 40.2. The predicted octanol–water partition coefficient (Wildman–Crippen LogP) is 10.5. The van der Waals surface area contributed by atoms with Crippen molar-refractivity contribution in [2.45, 2.75) is 6.42 Å². The van der Waals surface area contributed by atoms with Gasteiger partial charge in [-0.25, -0.2) is 15.0 Å². The molecule has 218 valence electrons. The first kappa shape index (κ1) is 27.4. The van der Waals surface area contributed by atoms with Crippen molar-refractivity contribution in [3.8, 4) is 28.5 Å². The van der Waals surface area contributed by atoms with Crippen LogP contribution in [0, 0.1) is 0 Å². The Balaban J connectivity index is 1.38. The van der Waals surface area contributed by atoms with Crippen LogP contribution < -0.4 is 0 Å². The number of aromatic nitrogens is 4. The van der Waals surface area contributed by atoms with Crippen LogP contribution in [0.3, 0.4) is 0 Å². The summed E-state index contributed by atoms with van der Waals surface area (Å²) in [5, 5.41) is 4.71. The van der Waals surface area contributed by atoms with Crippen molar-refractivity contribution in [3.63, 3.8) is 0 Å². The van der Waals surface area contributed by atoms with Crippen LogP contribution in [-0.4, -0.2) is 19.5 Å². The van der Waals surface area contributed by atoms with Gasteiger partial charge in [-0.05, 0) is 41.6 Å². The Labute approximate surface area is 267 Å². The summed E-state index contributed by atoms with van der Waals surface area (Å²) in [4.78, 5) is 15.1. The van der Waals surface area contributed by atoms with Crippen molar-refractivity contribution in [1.82, 2.24) is 19.5 Å². The summed E-state index contributed by atoms with van der Waals surface area (Å²) >= 11 is 0. The molecule has 46 heavy (non-hydrogen) atoms. The standard InChI is InChI=1S/C42H30N4/c1-2-30(26-25-29-15-5-3-6-16-29)40-43-41(31-17-7-4-8-18-31)45-42(44-40)33-27-32-19-9-10-20-34(32)39(28-33)46-37-23-13-11-21-35(37)36-22-12-14-24-38(36)46/h2-15,17-28H,1,16H2/b29-25-,30-26+. The largest absolute Gasteiger partial charge is 0.309 e. The molecule has 0 amide bonds. The van der Waals surface area contributed by atoms with Gasteiger partial charge in [-0.15, -0.1) is 0 Å². The van der Waals surface area contributed by atoms with E-state index in [2.05, 4.69) is 126 Å². The van der Waals surface area contributed by atoms with Gasteiger partial charge in [0.25, 0.3) is 0 Å². The van der Waals surface area contributed by atoms with Gasteiger partial charge in [0.05, 0.1) is 16.7 Å². The number of rotatable bonds is 6.